The summed E-state index contributed by atoms with van der Waals surface area (Å²) in [5, 5.41) is 3.64. The zero-order valence-corrected chi connectivity index (χ0v) is 17.5. The highest BCUT2D eigenvalue weighted by molar-refractivity contribution is 8.00. The van der Waals surface area contributed by atoms with Gasteiger partial charge in [0.05, 0.1) is 19.5 Å². The summed E-state index contributed by atoms with van der Waals surface area (Å²) in [6.45, 7) is 2.67. The van der Waals surface area contributed by atoms with E-state index in [2.05, 4.69) is 5.32 Å². The predicted molar refractivity (Wildman–Crippen MR) is 112 cm³/mol. The summed E-state index contributed by atoms with van der Waals surface area (Å²) in [6, 6.07) is 13.5. The van der Waals surface area contributed by atoms with Gasteiger partial charge in [0.1, 0.15) is 0 Å². The number of carbonyl (C=O) groups excluding carboxylic acids is 1. The largest absolute Gasteiger partial charge is 0.493 e. The predicted octanol–water partition coefficient (Wildman–Crippen LogP) is 4.98. The highest BCUT2D eigenvalue weighted by atomic mass is 35.5. The molecule has 0 radical (unpaired) electrons. The number of carbonyl (C=O) groups is 1. The van der Waals surface area contributed by atoms with Crippen molar-refractivity contribution in [2.75, 3.05) is 20.8 Å². The highest BCUT2D eigenvalue weighted by Gasteiger charge is 2.17. The minimum Gasteiger partial charge on any atom is -0.493 e. The Morgan fingerprint density at radius 3 is 2.44 bits per heavy atom. The number of methoxy groups -OCH3 is 2. The number of ether oxygens (including phenoxy) is 2. The van der Waals surface area contributed by atoms with Gasteiger partial charge in [-0.15, -0.1) is 11.8 Å². The molecule has 1 atom stereocenters. The van der Waals surface area contributed by atoms with Gasteiger partial charge in [0.25, 0.3) is 0 Å². The molecule has 0 fully saturated rings. The zero-order valence-electron chi connectivity index (χ0n) is 16.0. The Labute approximate surface area is 170 Å². The Bertz CT molecular complexity index is 737. The molecule has 2 aromatic rings. The molecule has 0 bridgehead atoms. The van der Waals surface area contributed by atoms with Gasteiger partial charge in [-0.05, 0) is 61.2 Å². The van der Waals surface area contributed by atoms with Crippen molar-refractivity contribution >= 4 is 29.3 Å². The Morgan fingerprint density at radius 1 is 1.11 bits per heavy atom. The normalized spacial score (nSPS) is 11.7. The Kier molecular flexibility index (Phi) is 8.82. The molecule has 2 aromatic carbocycles. The highest BCUT2D eigenvalue weighted by Crippen LogP contribution is 2.28. The van der Waals surface area contributed by atoms with E-state index in [0.29, 0.717) is 11.6 Å². The molecule has 1 amide bonds. The molecule has 146 valence electrons. The fourth-order valence-electron chi connectivity index (χ4n) is 2.65. The van der Waals surface area contributed by atoms with Crippen LogP contribution in [0.15, 0.2) is 47.4 Å². The van der Waals surface area contributed by atoms with Crippen LogP contribution in [0, 0.1) is 0 Å². The number of hydrogen-bond donors (Lipinski definition) is 1. The molecule has 0 heterocycles. The van der Waals surface area contributed by atoms with Crippen LogP contribution in [0.1, 0.15) is 25.3 Å². The van der Waals surface area contributed by atoms with Gasteiger partial charge in [0.2, 0.25) is 5.91 Å². The minimum absolute atomic E-state index is 0.0739. The number of rotatable bonds is 10. The van der Waals surface area contributed by atoms with Crippen LogP contribution >= 0.6 is 23.4 Å². The molecule has 0 saturated carbocycles. The minimum atomic E-state index is -0.104. The lowest BCUT2D eigenvalue weighted by atomic mass is 10.1. The molecule has 0 saturated heterocycles. The van der Waals surface area contributed by atoms with Crippen LogP contribution in [0.3, 0.4) is 0 Å². The standard InChI is InChI=1S/C21H26ClNO3S/c1-4-20(27-17-10-8-16(22)9-11-17)21(24)23-13-5-6-15-7-12-18(25-2)19(14-15)26-3/h7-12,14,20H,4-6,13H2,1-3H3,(H,23,24). The summed E-state index contributed by atoms with van der Waals surface area (Å²) >= 11 is 7.48. The summed E-state index contributed by atoms with van der Waals surface area (Å²) in [4.78, 5) is 13.5. The van der Waals surface area contributed by atoms with E-state index >= 15 is 0 Å². The second-order valence-electron chi connectivity index (χ2n) is 6.05. The van der Waals surface area contributed by atoms with Crippen LogP contribution in [0.25, 0.3) is 0 Å². The fourth-order valence-corrected chi connectivity index (χ4v) is 3.76. The third-order valence-corrected chi connectivity index (χ3v) is 5.77. The fraction of sp³-hybridized carbons (Fsp3) is 0.381. The molecule has 27 heavy (non-hydrogen) atoms. The van der Waals surface area contributed by atoms with E-state index in [0.717, 1.165) is 41.2 Å². The summed E-state index contributed by atoms with van der Waals surface area (Å²) in [6.07, 6.45) is 2.50. The van der Waals surface area contributed by atoms with E-state index in [9.17, 15) is 4.79 Å². The monoisotopic (exact) mass is 407 g/mol. The summed E-state index contributed by atoms with van der Waals surface area (Å²) in [7, 11) is 3.25. The average molecular weight is 408 g/mol. The van der Waals surface area contributed by atoms with Gasteiger partial charge in [0.15, 0.2) is 11.5 Å². The van der Waals surface area contributed by atoms with Gasteiger partial charge in [-0.1, -0.05) is 24.6 Å². The van der Waals surface area contributed by atoms with Crippen molar-refractivity contribution in [1.82, 2.24) is 5.32 Å². The first-order chi connectivity index (χ1) is 13.1. The Morgan fingerprint density at radius 2 is 1.81 bits per heavy atom. The van der Waals surface area contributed by atoms with Crippen molar-refractivity contribution in [3.8, 4) is 11.5 Å². The topological polar surface area (TPSA) is 47.6 Å². The summed E-state index contributed by atoms with van der Waals surface area (Å²) in [5.74, 6) is 1.52. The lowest BCUT2D eigenvalue weighted by Crippen LogP contribution is -2.33. The molecular formula is C21H26ClNO3S. The number of nitrogens with one attached hydrogen (secondary N) is 1. The number of benzene rings is 2. The third-order valence-electron chi connectivity index (χ3n) is 4.14. The van der Waals surface area contributed by atoms with Crippen LogP contribution < -0.4 is 14.8 Å². The van der Waals surface area contributed by atoms with E-state index < -0.39 is 0 Å². The van der Waals surface area contributed by atoms with Crippen LogP contribution in [0.5, 0.6) is 11.5 Å². The smallest absolute Gasteiger partial charge is 0.233 e. The molecule has 0 aliphatic rings. The third kappa shape index (κ3) is 6.67. The van der Waals surface area contributed by atoms with E-state index in [4.69, 9.17) is 21.1 Å². The van der Waals surface area contributed by atoms with Crippen molar-refractivity contribution in [2.45, 2.75) is 36.3 Å². The van der Waals surface area contributed by atoms with Gasteiger partial charge >= 0.3 is 0 Å². The first-order valence-electron chi connectivity index (χ1n) is 8.98. The lowest BCUT2D eigenvalue weighted by Gasteiger charge is -2.15. The molecule has 0 aliphatic heterocycles. The molecule has 0 spiro atoms. The van der Waals surface area contributed by atoms with Crippen molar-refractivity contribution < 1.29 is 14.3 Å². The van der Waals surface area contributed by atoms with Gasteiger partial charge < -0.3 is 14.8 Å². The van der Waals surface area contributed by atoms with Crippen molar-refractivity contribution in [3.05, 3.63) is 53.1 Å². The van der Waals surface area contributed by atoms with E-state index in [1.807, 2.05) is 49.4 Å². The first-order valence-corrected chi connectivity index (χ1v) is 10.2. The second-order valence-corrected chi connectivity index (χ2v) is 7.77. The maximum absolute atomic E-state index is 12.4. The van der Waals surface area contributed by atoms with Crippen LogP contribution in [-0.2, 0) is 11.2 Å². The van der Waals surface area contributed by atoms with Gasteiger partial charge in [-0.3, -0.25) is 4.79 Å². The van der Waals surface area contributed by atoms with Crippen molar-refractivity contribution in [1.29, 1.82) is 0 Å². The number of amides is 1. The molecule has 1 unspecified atom stereocenters. The van der Waals surface area contributed by atoms with Crippen LogP contribution in [0.2, 0.25) is 5.02 Å². The Balaban J connectivity index is 1.79. The SMILES string of the molecule is CCC(Sc1ccc(Cl)cc1)C(=O)NCCCc1ccc(OC)c(OC)c1. The lowest BCUT2D eigenvalue weighted by molar-refractivity contribution is -0.120. The molecule has 0 aromatic heterocycles. The van der Waals surface area contributed by atoms with E-state index in [-0.39, 0.29) is 11.2 Å². The maximum Gasteiger partial charge on any atom is 0.233 e. The van der Waals surface area contributed by atoms with Crippen LogP contribution in [0.4, 0.5) is 0 Å². The van der Waals surface area contributed by atoms with Gasteiger partial charge in [-0.25, -0.2) is 0 Å². The van der Waals surface area contributed by atoms with Gasteiger partial charge in [-0.2, -0.15) is 0 Å². The number of thioether (sulfide) groups is 1. The van der Waals surface area contributed by atoms with E-state index in [1.54, 1.807) is 26.0 Å². The quantitative estimate of drug-likeness (QED) is 0.446. The zero-order chi connectivity index (χ0) is 19.6. The summed E-state index contributed by atoms with van der Waals surface area (Å²) < 4.78 is 10.6. The van der Waals surface area contributed by atoms with Crippen molar-refractivity contribution in [3.63, 3.8) is 0 Å². The molecule has 0 aliphatic carbocycles. The molecule has 6 heteroatoms. The number of hydrogen-bond acceptors (Lipinski definition) is 4. The number of halogens is 1. The Hall–Kier alpha value is -1.85. The average Bonchev–Trinajstić information content (AvgIpc) is 2.70. The molecule has 4 nitrogen and oxygen atoms in total. The first kappa shape index (κ1) is 21.5. The number of aryl methyl sites for hydroxylation is 1. The van der Waals surface area contributed by atoms with Gasteiger partial charge in [0, 0.05) is 16.5 Å². The summed E-state index contributed by atoms with van der Waals surface area (Å²) in [5.41, 5.74) is 1.16. The maximum atomic E-state index is 12.4. The molecular weight excluding hydrogens is 382 g/mol. The van der Waals surface area contributed by atoms with Crippen LogP contribution in [-0.4, -0.2) is 31.9 Å². The second kappa shape index (κ2) is 11.1. The molecule has 1 N–H and O–H groups in total. The van der Waals surface area contributed by atoms with E-state index in [1.165, 1.54) is 0 Å². The molecule has 2 rings (SSSR count). The van der Waals surface area contributed by atoms with Crippen molar-refractivity contribution in [2.24, 2.45) is 0 Å².